The fourth-order valence-electron chi connectivity index (χ4n) is 3.11. The van der Waals surface area contributed by atoms with Crippen LogP contribution in [0.25, 0.3) is 10.9 Å². The third-order valence-electron chi connectivity index (χ3n) is 4.47. The van der Waals surface area contributed by atoms with E-state index in [9.17, 15) is 9.59 Å². The highest BCUT2D eigenvalue weighted by atomic mass is 16.3. The molecular formula is C22H19N3O3. The van der Waals surface area contributed by atoms with E-state index >= 15 is 0 Å². The van der Waals surface area contributed by atoms with Crippen molar-refractivity contribution >= 4 is 28.4 Å². The average molecular weight is 373 g/mol. The van der Waals surface area contributed by atoms with Gasteiger partial charge in [0.05, 0.1) is 30.5 Å². The zero-order valence-corrected chi connectivity index (χ0v) is 15.1. The van der Waals surface area contributed by atoms with E-state index in [1.165, 1.54) is 0 Å². The predicted octanol–water partition coefficient (Wildman–Crippen LogP) is 3.87. The van der Waals surface area contributed by atoms with E-state index in [-0.39, 0.29) is 24.8 Å². The first-order valence-corrected chi connectivity index (χ1v) is 8.95. The van der Waals surface area contributed by atoms with Crippen molar-refractivity contribution in [1.29, 1.82) is 0 Å². The van der Waals surface area contributed by atoms with Crippen molar-refractivity contribution < 1.29 is 14.0 Å². The molecule has 0 saturated heterocycles. The van der Waals surface area contributed by atoms with Gasteiger partial charge in [0.1, 0.15) is 5.76 Å². The molecule has 0 bridgehead atoms. The topological polar surface area (TPSA) is 87.1 Å². The molecule has 3 N–H and O–H groups in total. The molecule has 0 aliphatic rings. The van der Waals surface area contributed by atoms with E-state index in [0.717, 1.165) is 16.5 Å². The van der Waals surface area contributed by atoms with Crippen LogP contribution >= 0.6 is 0 Å². The number of H-pyrrole nitrogens is 1. The largest absolute Gasteiger partial charge is 0.467 e. The number of carbonyl (C=O) groups is 2. The maximum Gasteiger partial charge on any atom is 0.253 e. The van der Waals surface area contributed by atoms with Gasteiger partial charge in [-0.1, -0.05) is 30.3 Å². The van der Waals surface area contributed by atoms with Crippen LogP contribution in [-0.2, 0) is 17.8 Å². The van der Waals surface area contributed by atoms with Crippen molar-refractivity contribution in [3.63, 3.8) is 0 Å². The van der Waals surface area contributed by atoms with Crippen molar-refractivity contribution in [2.75, 3.05) is 5.32 Å². The zero-order chi connectivity index (χ0) is 19.3. The lowest BCUT2D eigenvalue weighted by molar-refractivity contribution is -0.115. The van der Waals surface area contributed by atoms with E-state index in [2.05, 4.69) is 15.6 Å². The van der Waals surface area contributed by atoms with E-state index in [1.54, 1.807) is 42.7 Å². The third-order valence-corrected chi connectivity index (χ3v) is 4.47. The molecule has 0 aliphatic carbocycles. The molecule has 0 saturated carbocycles. The number of hydrogen-bond donors (Lipinski definition) is 3. The molecule has 2 amide bonds. The van der Waals surface area contributed by atoms with Crippen LogP contribution in [0.15, 0.2) is 77.5 Å². The van der Waals surface area contributed by atoms with Gasteiger partial charge in [0.25, 0.3) is 5.91 Å². The Bertz CT molecular complexity index is 1110. The second-order valence-electron chi connectivity index (χ2n) is 6.39. The molecule has 0 spiro atoms. The highest BCUT2D eigenvalue weighted by Gasteiger charge is 2.14. The number of hydrogen-bond acceptors (Lipinski definition) is 3. The summed E-state index contributed by atoms with van der Waals surface area (Å²) in [5, 5.41) is 6.66. The van der Waals surface area contributed by atoms with E-state index in [0.29, 0.717) is 17.0 Å². The maximum absolute atomic E-state index is 12.6. The van der Waals surface area contributed by atoms with E-state index in [4.69, 9.17) is 4.42 Å². The van der Waals surface area contributed by atoms with Crippen LogP contribution in [0.4, 0.5) is 5.69 Å². The fraction of sp³-hybridized carbons (Fsp3) is 0.0909. The van der Waals surface area contributed by atoms with Crippen LogP contribution in [0.1, 0.15) is 21.7 Å². The standard InChI is InChI=1S/C22H19N3O3/c26-21(12-15-13-23-19-9-3-1-7-17(15)19)25-20-10-4-2-8-18(20)22(27)24-14-16-6-5-11-28-16/h1-11,13,23H,12,14H2,(H,24,27)(H,25,26). The summed E-state index contributed by atoms with van der Waals surface area (Å²) in [6, 6.07) is 18.3. The minimum Gasteiger partial charge on any atom is -0.467 e. The van der Waals surface area contributed by atoms with Gasteiger partial charge in [0.2, 0.25) is 5.91 Å². The summed E-state index contributed by atoms with van der Waals surface area (Å²) in [6.45, 7) is 0.281. The first-order valence-electron chi connectivity index (χ1n) is 8.95. The quantitative estimate of drug-likeness (QED) is 0.479. The second-order valence-corrected chi connectivity index (χ2v) is 6.39. The first-order chi connectivity index (χ1) is 13.7. The SMILES string of the molecule is O=C(Cc1c[nH]c2ccccc12)Nc1ccccc1C(=O)NCc1ccco1. The normalized spacial score (nSPS) is 10.7. The van der Waals surface area contributed by atoms with Gasteiger partial charge >= 0.3 is 0 Å². The van der Waals surface area contributed by atoms with Gasteiger partial charge in [0, 0.05) is 17.1 Å². The summed E-state index contributed by atoms with van der Waals surface area (Å²) in [5.74, 6) is 0.199. The fourth-order valence-corrected chi connectivity index (χ4v) is 3.11. The lowest BCUT2D eigenvalue weighted by Crippen LogP contribution is -2.25. The van der Waals surface area contributed by atoms with Crippen LogP contribution in [-0.4, -0.2) is 16.8 Å². The monoisotopic (exact) mass is 373 g/mol. The summed E-state index contributed by atoms with van der Waals surface area (Å²) < 4.78 is 5.22. The van der Waals surface area contributed by atoms with Gasteiger partial charge in [-0.05, 0) is 35.9 Å². The number of amides is 2. The molecule has 28 heavy (non-hydrogen) atoms. The van der Waals surface area contributed by atoms with Crippen molar-refractivity contribution in [1.82, 2.24) is 10.3 Å². The molecule has 4 aromatic rings. The molecule has 0 aliphatic heterocycles. The van der Waals surface area contributed by atoms with Crippen molar-refractivity contribution in [2.24, 2.45) is 0 Å². The second kappa shape index (κ2) is 7.84. The lowest BCUT2D eigenvalue weighted by Gasteiger charge is -2.11. The maximum atomic E-state index is 12.6. The number of carbonyl (C=O) groups excluding carboxylic acids is 2. The molecule has 0 fully saturated rings. The Hall–Kier alpha value is -3.80. The Morgan fingerprint density at radius 2 is 1.79 bits per heavy atom. The van der Waals surface area contributed by atoms with Crippen molar-refractivity contribution in [3.05, 3.63) is 90.0 Å². The summed E-state index contributed by atoms with van der Waals surface area (Å²) in [4.78, 5) is 28.3. The van der Waals surface area contributed by atoms with E-state index < -0.39 is 0 Å². The van der Waals surface area contributed by atoms with Gasteiger partial charge in [-0.15, -0.1) is 0 Å². The summed E-state index contributed by atoms with van der Waals surface area (Å²) in [7, 11) is 0. The van der Waals surface area contributed by atoms with Gasteiger partial charge in [-0.2, -0.15) is 0 Å². The first kappa shape index (κ1) is 17.6. The number of anilines is 1. The molecular weight excluding hydrogens is 354 g/mol. The van der Waals surface area contributed by atoms with Crippen molar-refractivity contribution in [3.8, 4) is 0 Å². The van der Waals surface area contributed by atoms with Gasteiger partial charge in [-0.3, -0.25) is 9.59 Å². The number of nitrogens with one attached hydrogen (secondary N) is 3. The molecule has 4 rings (SSSR count). The summed E-state index contributed by atoms with van der Waals surface area (Å²) in [6.07, 6.45) is 3.61. The van der Waals surface area contributed by atoms with E-state index in [1.807, 2.05) is 30.5 Å². The Balaban J connectivity index is 1.45. The number of aromatic amines is 1. The van der Waals surface area contributed by atoms with Crippen LogP contribution in [0.5, 0.6) is 0 Å². The van der Waals surface area contributed by atoms with Crippen LogP contribution < -0.4 is 10.6 Å². The average Bonchev–Trinajstić information content (AvgIpc) is 3.37. The van der Waals surface area contributed by atoms with Crippen LogP contribution in [0.3, 0.4) is 0 Å². The molecule has 6 nitrogen and oxygen atoms in total. The minimum absolute atomic E-state index is 0.184. The molecule has 0 unspecified atom stereocenters. The molecule has 2 heterocycles. The smallest absolute Gasteiger partial charge is 0.253 e. The highest BCUT2D eigenvalue weighted by Crippen LogP contribution is 2.20. The predicted molar refractivity (Wildman–Crippen MR) is 107 cm³/mol. The lowest BCUT2D eigenvalue weighted by atomic mass is 10.1. The summed E-state index contributed by atoms with van der Waals surface area (Å²) >= 11 is 0. The third kappa shape index (κ3) is 3.81. The highest BCUT2D eigenvalue weighted by molar-refractivity contribution is 6.04. The number of benzene rings is 2. The Labute approximate surface area is 161 Å². The molecule has 0 atom stereocenters. The van der Waals surface area contributed by atoms with Crippen molar-refractivity contribution in [2.45, 2.75) is 13.0 Å². The summed E-state index contributed by atoms with van der Waals surface area (Å²) in [5.41, 5.74) is 2.78. The number of aromatic nitrogens is 1. The van der Waals surface area contributed by atoms with Crippen LogP contribution in [0.2, 0.25) is 0 Å². The molecule has 0 radical (unpaired) electrons. The van der Waals surface area contributed by atoms with Crippen LogP contribution in [0, 0.1) is 0 Å². The van der Waals surface area contributed by atoms with Gasteiger partial charge < -0.3 is 20.0 Å². The molecule has 2 aromatic carbocycles. The number of furan rings is 1. The zero-order valence-electron chi connectivity index (χ0n) is 15.1. The number of rotatable bonds is 6. The number of para-hydroxylation sites is 2. The molecule has 140 valence electrons. The number of fused-ring (bicyclic) bond motifs is 1. The molecule has 2 aromatic heterocycles. The molecule has 6 heteroatoms. The van der Waals surface area contributed by atoms with Gasteiger partial charge in [0.15, 0.2) is 0 Å². The Kier molecular flexibility index (Phi) is 4.93. The minimum atomic E-state index is -0.278. The van der Waals surface area contributed by atoms with Gasteiger partial charge in [-0.25, -0.2) is 0 Å². The Morgan fingerprint density at radius 1 is 0.964 bits per heavy atom. The Morgan fingerprint density at radius 3 is 2.64 bits per heavy atom.